The second-order valence-electron chi connectivity index (χ2n) is 7.08. The fourth-order valence-electron chi connectivity index (χ4n) is 4.74. The quantitative estimate of drug-likeness (QED) is 0.343. The number of nitro groups is 1. The van der Waals surface area contributed by atoms with Crippen LogP contribution in [0.3, 0.4) is 0 Å². The van der Waals surface area contributed by atoms with Crippen LogP contribution in [0, 0.1) is 21.4 Å². The van der Waals surface area contributed by atoms with Gasteiger partial charge in [0.2, 0.25) is 6.04 Å². The van der Waals surface area contributed by atoms with Crippen LogP contribution in [-0.2, 0) is 0 Å². The Morgan fingerprint density at radius 2 is 1.63 bits per heavy atom. The molecule has 0 aromatic heterocycles. The number of rotatable bonds is 3. The number of halogens is 1. The fourth-order valence-corrected chi connectivity index (χ4v) is 4.87. The maximum atomic E-state index is 13.4. The number of carbonyl (C=O) groups is 2. The molecule has 0 radical (unpaired) electrons. The van der Waals surface area contributed by atoms with Crippen LogP contribution in [-0.4, -0.2) is 22.5 Å². The molecule has 1 spiro atoms. The number of fused-ring (bicyclic) bond motifs is 1. The molecule has 0 unspecified atom stereocenters. The minimum atomic E-state index is -1.48. The van der Waals surface area contributed by atoms with E-state index in [0.717, 1.165) is 0 Å². The highest BCUT2D eigenvalue weighted by atomic mass is 35.5. The van der Waals surface area contributed by atoms with Crippen molar-refractivity contribution in [3.05, 3.63) is 93.0 Å². The zero-order chi connectivity index (χ0) is 19.3. The van der Waals surface area contributed by atoms with E-state index in [1.807, 2.05) is 0 Å². The Bertz CT molecular complexity index is 947. The number of hydrogen-bond acceptors (Lipinski definition) is 4. The van der Waals surface area contributed by atoms with Gasteiger partial charge >= 0.3 is 0 Å². The Labute approximate surface area is 160 Å². The summed E-state index contributed by atoms with van der Waals surface area (Å²) in [6.07, 6.45) is 1.58. The largest absolute Gasteiger partial charge is 0.293 e. The number of carbonyl (C=O) groups excluding carboxylic acids is 2. The van der Waals surface area contributed by atoms with Crippen LogP contribution in [0.25, 0.3) is 0 Å². The molecule has 1 saturated carbocycles. The maximum Gasteiger partial charge on any atom is 0.227 e. The third kappa shape index (κ3) is 2.31. The highest BCUT2D eigenvalue weighted by molar-refractivity contribution is 6.31. The monoisotopic (exact) mass is 381 g/mol. The minimum absolute atomic E-state index is 0.0851. The van der Waals surface area contributed by atoms with Crippen LogP contribution in [0.15, 0.2) is 61.2 Å². The van der Waals surface area contributed by atoms with E-state index in [1.54, 1.807) is 48.5 Å². The van der Waals surface area contributed by atoms with Crippen LogP contribution < -0.4 is 0 Å². The predicted octanol–water partition coefficient (Wildman–Crippen LogP) is 4.34. The van der Waals surface area contributed by atoms with E-state index in [4.69, 9.17) is 11.6 Å². The normalized spacial score (nSPS) is 25.6. The second-order valence-corrected chi connectivity index (χ2v) is 7.52. The highest BCUT2D eigenvalue weighted by Crippen LogP contribution is 2.59. The minimum Gasteiger partial charge on any atom is -0.293 e. The van der Waals surface area contributed by atoms with Gasteiger partial charge in [0.1, 0.15) is 5.41 Å². The van der Waals surface area contributed by atoms with E-state index >= 15 is 0 Å². The summed E-state index contributed by atoms with van der Waals surface area (Å²) < 4.78 is 0. The predicted molar refractivity (Wildman–Crippen MR) is 101 cm³/mol. The summed E-state index contributed by atoms with van der Waals surface area (Å²) in [7, 11) is 0. The van der Waals surface area contributed by atoms with Gasteiger partial charge in [-0.05, 0) is 24.1 Å². The van der Waals surface area contributed by atoms with Crippen molar-refractivity contribution in [3.63, 3.8) is 0 Å². The van der Waals surface area contributed by atoms with Crippen molar-refractivity contribution in [1.82, 2.24) is 0 Å². The summed E-state index contributed by atoms with van der Waals surface area (Å²) in [5.41, 5.74) is -0.227. The molecule has 5 nitrogen and oxygen atoms in total. The number of ketones is 2. The van der Waals surface area contributed by atoms with Crippen molar-refractivity contribution < 1.29 is 14.5 Å². The molecule has 2 aliphatic rings. The van der Waals surface area contributed by atoms with Gasteiger partial charge in [-0.25, -0.2) is 0 Å². The maximum absolute atomic E-state index is 13.4. The molecule has 2 aliphatic carbocycles. The average molecular weight is 382 g/mol. The summed E-state index contributed by atoms with van der Waals surface area (Å²) in [6, 6.07) is 12.1. The van der Waals surface area contributed by atoms with Gasteiger partial charge in [-0.1, -0.05) is 54.1 Å². The first-order valence-electron chi connectivity index (χ1n) is 8.62. The lowest BCUT2D eigenvalue weighted by molar-refractivity contribution is -0.530. The number of benzene rings is 2. The van der Waals surface area contributed by atoms with Crippen LogP contribution >= 0.6 is 11.6 Å². The van der Waals surface area contributed by atoms with Crippen LogP contribution in [0.2, 0.25) is 5.02 Å². The zero-order valence-electron chi connectivity index (χ0n) is 14.3. The first-order chi connectivity index (χ1) is 12.9. The Hall–Kier alpha value is -2.79. The van der Waals surface area contributed by atoms with E-state index in [2.05, 4.69) is 6.58 Å². The summed E-state index contributed by atoms with van der Waals surface area (Å²) in [5, 5.41) is 12.4. The summed E-state index contributed by atoms with van der Waals surface area (Å²) in [5.74, 6) is -2.12. The Balaban J connectivity index is 1.97. The Kier molecular flexibility index (Phi) is 4.00. The summed E-state index contributed by atoms with van der Waals surface area (Å²) in [6.45, 7) is 3.72. The van der Waals surface area contributed by atoms with Gasteiger partial charge in [0, 0.05) is 27.0 Å². The van der Waals surface area contributed by atoms with Gasteiger partial charge in [0.05, 0.1) is 5.92 Å². The molecule has 4 rings (SSSR count). The van der Waals surface area contributed by atoms with Crippen molar-refractivity contribution in [3.8, 4) is 0 Å². The van der Waals surface area contributed by atoms with Crippen LogP contribution in [0.5, 0.6) is 0 Å². The van der Waals surface area contributed by atoms with E-state index in [9.17, 15) is 19.7 Å². The second kappa shape index (κ2) is 6.13. The van der Waals surface area contributed by atoms with Crippen LogP contribution in [0.4, 0.5) is 0 Å². The van der Waals surface area contributed by atoms with E-state index in [0.29, 0.717) is 21.7 Å². The Morgan fingerprint density at radius 1 is 1.07 bits per heavy atom. The molecular formula is C21H16ClNO4. The van der Waals surface area contributed by atoms with Crippen molar-refractivity contribution >= 4 is 23.2 Å². The third-order valence-corrected chi connectivity index (χ3v) is 6.12. The summed E-state index contributed by atoms with van der Waals surface area (Å²) >= 11 is 5.97. The van der Waals surface area contributed by atoms with E-state index < -0.39 is 23.3 Å². The molecule has 0 amide bonds. The van der Waals surface area contributed by atoms with Crippen molar-refractivity contribution in [2.24, 2.45) is 11.3 Å². The van der Waals surface area contributed by atoms with Gasteiger partial charge in [0.25, 0.3) is 0 Å². The molecule has 0 aliphatic heterocycles. The number of Topliss-reactive ketones (excluding diaryl/α,β-unsaturated/α-hetero) is 2. The highest BCUT2D eigenvalue weighted by Gasteiger charge is 2.68. The molecule has 136 valence electrons. The topological polar surface area (TPSA) is 77.3 Å². The van der Waals surface area contributed by atoms with Crippen molar-refractivity contribution in [1.29, 1.82) is 0 Å². The molecule has 0 N–H and O–H groups in total. The molecule has 2 aromatic carbocycles. The number of hydrogen-bond donors (Lipinski definition) is 0. The standard InChI is InChI=1S/C21H16ClNO4/c1-2-12-11-21(19(24)15-5-3-4-6-16(15)20(21)25)17(18(12)23(26)27)13-7-9-14(22)10-8-13/h2-10,12,17-18H,1,11H2/t12-,17+,18-/m1/s1. The van der Waals surface area contributed by atoms with Gasteiger partial charge in [-0.2, -0.15) is 0 Å². The molecule has 3 atom stereocenters. The lowest BCUT2D eigenvalue weighted by Gasteiger charge is -2.28. The smallest absolute Gasteiger partial charge is 0.227 e. The van der Waals surface area contributed by atoms with Gasteiger partial charge in [-0.15, -0.1) is 6.58 Å². The van der Waals surface area contributed by atoms with Gasteiger partial charge in [0.15, 0.2) is 11.6 Å². The zero-order valence-corrected chi connectivity index (χ0v) is 15.1. The lowest BCUT2D eigenvalue weighted by atomic mass is 9.70. The first kappa shape index (κ1) is 17.6. The Morgan fingerprint density at radius 3 is 2.11 bits per heavy atom. The molecule has 0 bridgehead atoms. The van der Waals surface area contributed by atoms with E-state index in [1.165, 1.54) is 6.08 Å². The van der Waals surface area contributed by atoms with Crippen molar-refractivity contribution in [2.45, 2.75) is 18.4 Å². The van der Waals surface area contributed by atoms with E-state index in [-0.39, 0.29) is 22.9 Å². The third-order valence-electron chi connectivity index (χ3n) is 5.87. The molecular weight excluding hydrogens is 366 g/mol. The molecule has 0 heterocycles. The molecule has 2 aromatic rings. The summed E-state index contributed by atoms with van der Waals surface area (Å²) in [4.78, 5) is 38.4. The molecule has 1 fully saturated rings. The first-order valence-corrected chi connectivity index (χ1v) is 8.99. The number of nitrogens with zero attached hydrogens (tertiary/aromatic N) is 1. The lowest BCUT2D eigenvalue weighted by Crippen LogP contribution is -2.40. The van der Waals surface area contributed by atoms with Gasteiger partial charge in [-0.3, -0.25) is 19.7 Å². The SMILES string of the molecule is C=C[C@@H]1CC2(C(=O)c3ccccc3C2=O)[C@@H](c2ccc(Cl)cc2)[C@@H]1[N+](=O)[O-]. The fraction of sp³-hybridized carbons (Fsp3) is 0.238. The molecule has 6 heteroatoms. The average Bonchev–Trinajstić information content (AvgIpc) is 3.13. The van der Waals surface area contributed by atoms with Crippen LogP contribution in [0.1, 0.15) is 38.6 Å². The van der Waals surface area contributed by atoms with Gasteiger partial charge < -0.3 is 0 Å². The molecule has 0 saturated heterocycles. The molecule has 27 heavy (non-hydrogen) atoms. The van der Waals surface area contributed by atoms with Crippen molar-refractivity contribution in [2.75, 3.05) is 0 Å².